The summed E-state index contributed by atoms with van der Waals surface area (Å²) in [6.07, 6.45) is 1.70. The van der Waals surface area contributed by atoms with Crippen molar-refractivity contribution in [1.82, 2.24) is 19.7 Å². The van der Waals surface area contributed by atoms with Gasteiger partial charge in [0.2, 0.25) is 5.28 Å². The van der Waals surface area contributed by atoms with Crippen molar-refractivity contribution in [2.45, 2.75) is 0 Å². The molecular weight excluding hydrogens is 318 g/mol. The number of nitrogens with one attached hydrogen (secondary N) is 1. The summed E-state index contributed by atoms with van der Waals surface area (Å²) in [5.41, 5.74) is 1.53. The second kappa shape index (κ2) is 7.36. The van der Waals surface area contributed by atoms with Gasteiger partial charge in [0.05, 0.1) is 37.1 Å². The summed E-state index contributed by atoms with van der Waals surface area (Å²) in [5, 5.41) is 17.1. The largest absolute Gasteiger partial charge is 0.394 e. The number of aromatic nitrogens is 4. The second-order valence-corrected chi connectivity index (χ2v) is 5.07. The van der Waals surface area contributed by atoms with E-state index in [2.05, 4.69) is 20.4 Å². The number of benzene rings is 1. The summed E-state index contributed by atoms with van der Waals surface area (Å²) in [6.45, 7) is 1.32. The minimum Gasteiger partial charge on any atom is -0.394 e. The van der Waals surface area contributed by atoms with E-state index in [1.807, 2.05) is 30.3 Å². The zero-order chi connectivity index (χ0) is 16.1. The number of aliphatic hydroxyl groups excluding tert-OH is 1. The molecule has 3 aromatic rings. The first-order chi connectivity index (χ1) is 11.3. The average Bonchev–Trinajstić information content (AvgIpc) is 2.99. The number of anilines is 1. The number of fused-ring (bicyclic) bond motifs is 1. The van der Waals surface area contributed by atoms with E-state index in [-0.39, 0.29) is 11.9 Å². The molecule has 0 aliphatic carbocycles. The molecule has 0 bridgehead atoms. The lowest BCUT2D eigenvalue weighted by atomic mass is 10.3. The predicted molar refractivity (Wildman–Crippen MR) is 88.1 cm³/mol. The van der Waals surface area contributed by atoms with Gasteiger partial charge < -0.3 is 15.2 Å². The van der Waals surface area contributed by atoms with E-state index in [1.54, 1.807) is 10.9 Å². The van der Waals surface area contributed by atoms with Crippen molar-refractivity contribution < 1.29 is 9.84 Å². The lowest BCUT2D eigenvalue weighted by Crippen LogP contribution is -2.12. The molecule has 0 radical (unpaired) electrons. The summed E-state index contributed by atoms with van der Waals surface area (Å²) in [6, 6.07) is 9.69. The Bertz CT molecular complexity index is 778. The Balaban J connectivity index is 1.87. The van der Waals surface area contributed by atoms with Crippen LogP contribution in [0.25, 0.3) is 16.7 Å². The summed E-state index contributed by atoms with van der Waals surface area (Å²) in [7, 11) is 0. The maximum Gasteiger partial charge on any atom is 0.226 e. The zero-order valence-electron chi connectivity index (χ0n) is 12.3. The molecule has 0 atom stereocenters. The summed E-state index contributed by atoms with van der Waals surface area (Å²) < 4.78 is 6.93. The van der Waals surface area contributed by atoms with Crippen LogP contribution in [0.4, 0.5) is 5.82 Å². The van der Waals surface area contributed by atoms with Crippen LogP contribution in [-0.2, 0) is 4.74 Å². The van der Waals surface area contributed by atoms with Crippen molar-refractivity contribution in [2.24, 2.45) is 0 Å². The quantitative estimate of drug-likeness (QED) is 0.507. The molecule has 0 aliphatic heterocycles. The molecule has 0 aliphatic rings. The normalized spacial score (nSPS) is 11.0. The van der Waals surface area contributed by atoms with Gasteiger partial charge in [-0.3, -0.25) is 0 Å². The second-order valence-electron chi connectivity index (χ2n) is 4.73. The first-order valence-corrected chi connectivity index (χ1v) is 7.56. The number of nitrogens with zero attached hydrogens (tertiary/aromatic N) is 4. The minimum absolute atomic E-state index is 0.00737. The van der Waals surface area contributed by atoms with Crippen LogP contribution in [0, 0.1) is 0 Å². The first-order valence-electron chi connectivity index (χ1n) is 7.19. The Morgan fingerprint density at radius 3 is 2.78 bits per heavy atom. The lowest BCUT2D eigenvalue weighted by molar-refractivity contribution is 0.0992. The minimum atomic E-state index is 0.00737. The predicted octanol–water partition coefficient (Wildman–Crippen LogP) is 1.89. The first kappa shape index (κ1) is 15.7. The SMILES string of the molecule is OCCOCCNc1nc(Cl)nc2c1cnn2-c1ccccc1. The van der Waals surface area contributed by atoms with E-state index >= 15 is 0 Å². The molecule has 120 valence electrons. The molecule has 0 spiro atoms. The van der Waals surface area contributed by atoms with E-state index in [0.29, 0.717) is 31.2 Å². The van der Waals surface area contributed by atoms with E-state index in [0.717, 1.165) is 11.1 Å². The van der Waals surface area contributed by atoms with Gasteiger partial charge in [-0.2, -0.15) is 15.1 Å². The van der Waals surface area contributed by atoms with E-state index in [4.69, 9.17) is 21.4 Å². The highest BCUT2D eigenvalue weighted by molar-refractivity contribution is 6.28. The smallest absolute Gasteiger partial charge is 0.226 e. The topological polar surface area (TPSA) is 85.1 Å². The van der Waals surface area contributed by atoms with E-state index in [9.17, 15) is 0 Å². The molecule has 3 rings (SSSR count). The van der Waals surface area contributed by atoms with Crippen molar-refractivity contribution in [3.05, 3.63) is 41.8 Å². The molecule has 7 nitrogen and oxygen atoms in total. The Labute approximate surface area is 137 Å². The van der Waals surface area contributed by atoms with Crippen molar-refractivity contribution in [1.29, 1.82) is 0 Å². The highest BCUT2D eigenvalue weighted by Crippen LogP contribution is 2.23. The highest BCUT2D eigenvalue weighted by atomic mass is 35.5. The Kier molecular flexibility index (Phi) is 5.02. The van der Waals surface area contributed by atoms with E-state index in [1.165, 1.54) is 0 Å². The van der Waals surface area contributed by atoms with Crippen LogP contribution in [-0.4, -0.2) is 51.2 Å². The van der Waals surface area contributed by atoms with Crippen LogP contribution in [0.3, 0.4) is 0 Å². The number of aliphatic hydroxyl groups is 1. The Morgan fingerprint density at radius 1 is 1.17 bits per heavy atom. The van der Waals surface area contributed by atoms with Crippen LogP contribution in [0.5, 0.6) is 0 Å². The fourth-order valence-electron chi connectivity index (χ4n) is 2.18. The molecule has 0 amide bonds. The van der Waals surface area contributed by atoms with Crippen molar-refractivity contribution in [2.75, 3.05) is 31.7 Å². The maximum absolute atomic E-state index is 8.68. The third-order valence-corrected chi connectivity index (χ3v) is 3.35. The number of hydrogen-bond donors (Lipinski definition) is 2. The van der Waals surface area contributed by atoms with Gasteiger partial charge >= 0.3 is 0 Å². The molecule has 23 heavy (non-hydrogen) atoms. The summed E-state index contributed by atoms with van der Waals surface area (Å²) in [5.74, 6) is 0.606. The third-order valence-electron chi connectivity index (χ3n) is 3.18. The highest BCUT2D eigenvalue weighted by Gasteiger charge is 2.13. The van der Waals surface area contributed by atoms with Gasteiger partial charge in [-0.15, -0.1) is 0 Å². The van der Waals surface area contributed by atoms with Crippen LogP contribution >= 0.6 is 11.6 Å². The van der Waals surface area contributed by atoms with Gasteiger partial charge in [-0.05, 0) is 23.7 Å². The molecule has 0 fully saturated rings. The molecule has 2 heterocycles. The Hall–Kier alpha value is -2.22. The molecule has 2 N–H and O–H groups in total. The van der Waals surface area contributed by atoms with Gasteiger partial charge in [0, 0.05) is 6.54 Å². The van der Waals surface area contributed by atoms with Gasteiger partial charge in [0.15, 0.2) is 5.65 Å². The molecule has 8 heteroatoms. The third kappa shape index (κ3) is 3.58. The van der Waals surface area contributed by atoms with Gasteiger partial charge in [0.1, 0.15) is 5.82 Å². The fraction of sp³-hybridized carbons (Fsp3) is 0.267. The number of hydrogen-bond acceptors (Lipinski definition) is 6. The zero-order valence-corrected chi connectivity index (χ0v) is 13.1. The van der Waals surface area contributed by atoms with Crippen molar-refractivity contribution in [3.63, 3.8) is 0 Å². The number of para-hydroxylation sites is 1. The van der Waals surface area contributed by atoms with Gasteiger partial charge in [0.25, 0.3) is 0 Å². The average molecular weight is 334 g/mol. The number of ether oxygens (including phenoxy) is 1. The van der Waals surface area contributed by atoms with E-state index < -0.39 is 0 Å². The molecular formula is C15H16ClN5O2. The maximum atomic E-state index is 8.68. The molecule has 0 unspecified atom stereocenters. The van der Waals surface area contributed by atoms with Crippen LogP contribution in [0.2, 0.25) is 5.28 Å². The number of halogens is 1. The van der Waals surface area contributed by atoms with Crippen LogP contribution < -0.4 is 5.32 Å². The molecule has 2 aromatic heterocycles. The van der Waals surface area contributed by atoms with Crippen LogP contribution in [0.1, 0.15) is 0 Å². The standard InChI is InChI=1S/C15H16ClN5O2/c16-15-19-13(17-6-8-23-9-7-22)12-10-18-21(14(12)20-15)11-4-2-1-3-5-11/h1-5,10,22H,6-9H2,(H,17,19,20). The molecule has 0 saturated heterocycles. The molecule has 1 aromatic carbocycles. The number of rotatable bonds is 7. The van der Waals surface area contributed by atoms with Crippen LogP contribution in [0.15, 0.2) is 36.5 Å². The fourth-order valence-corrected chi connectivity index (χ4v) is 2.35. The Morgan fingerprint density at radius 2 is 2.00 bits per heavy atom. The lowest BCUT2D eigenvalue weighted by Gasteiger charge is -2.08. The summed E-state index contributed by atoms with van der Waals surface area (Å²) in [4.78, 5) is 8.49. The van der Waals surface area contributed by atoms with Crippen molar-refractivity contribution >= 4 is 28.5 Å². The van der Waals surface area contributed by atoms with Gasteiger partial charge in [-0.25, -0.2) is 4.68 Å². The van der Waals surface area contributed by atoms with Gasteiger partial charge in [-0.1, -0.05) is 18.2 Å². The van der Waals surface area contributed by atoms with Crippen molar-refractivity contribution in [3.8, 4) is 5.69 Å². The summed E-state index contributed by atoms with van der Waals surface area (Å²) >= 11 is 6.04. The molecule has 0 saturated carbocycles. The monoisotopic (exact) mass is 333 g/mol.